The van der Waals surface area contributed by atoms with Gasteiger partial charge in [0.1, 0.15) is 0 Å². The van der Waals surface area contributed by atoms with Crippen molar-refractivity contribution in [1.82, 2.24) is 4.90 Å². The minimum absolute atomic E-state index is 0.115. The molecule has 1 aliphatic rings. The van der Waals surface area contributed by atoms with E-state index in [-0.39, 0.29) is 18.2 Å². The van der Waals surface area contributed by atoms with Gasteiger partial charge in [-0.3, -0.25) is 9.69 Å². The maximum absolute atomic E-state index is 13.8. The van der Waals surface area contributed by atoms with Crippen molar-refractivity contribution >= 4 is 17.3 Å². The lowest BCUT2D eigenvalue weighted by atomic mass is 10.2. The van der Waals surface area contributed by atoms with Crippen LogP contribution in [0.15, 0.2) is 42.5 Å². The first kappa shape index (κ1) is 20.1. The van der Waals surface area contributed by atoms with Gasteiger partial charge >= 0.3 is 0 Å². The molecule has 3 rings (SSSR count). The maximum Gasteiger partial charge on any atom is 0.238 e. The van der Waals surface area contributed by atoms with Gasteiger partial charge in [-0.25, -0.2) is 4.39 Å². The second kappa shape index (κ2) is 9.52. The second-order valence-corrected chi connectivity index (χ2v) is 6.84. The molecule has 2 aromatic rings. The Bertz CT molecular complexity index is 792. The summed E-state index contributed by atoms with van der Waals surface area (Å²) >= 11 is 0. The monoisotopic (exact) mass is 387 g/mol. The third-order valence-electron chi connectivity index (χ3n) is 4.61. The van der Waals surface area contributed by atoms with Gasteiger partial charge in [0.25, 0.3) is 0 Å². The molecular formula is C21H26FN3O3. The predicted octanol–water partition coefficient (Wildman–Crippen LogP) is 2.74. The van der Waals surface area contributed by atoms with E-state index < -0.39 is 5.82 Å². The number of nitrogens with zero attached hydrogens (tertiary/aromatic N) is 2. The predicted molar refractivity (Wildman–Crippen MR) is 107 cm³/mol. The molecule has 28 heavy (non-hydrogen) atoms. The molecule has 0 atom stereocenters. The summed E-state index contributed by atoms with van der Waals surface area (Å²) in [5, 5.41) is 2.90. The highest BCUT2D eigenvalue weighted by molar-refractivity contribution is 5.92. The van der Waals surface area contributed by atoms with Crippen LogP contribution in [0.2, 0.25) is 0 Å². The second-order valence-electron chi connectivity index (χ2n) is 6.84. The van der Waals surface area contributed by atoms with Gasteiger partial charge in [-0.1, -0.05) is 6.07 Å². The van der Waals surface area contributed by atoms with Crippen LogP contribution in [0.5, 0.6) is 5.75 Å². The number of carbonyl (C=O) groups excluding carboxylic acids is 1. The van der Waals surface area contributed by atoms with Crippen molar-refractivity contribution in [3.63, 3.8) is 0 Å². The zero-order chi connectivity index (χ0) is 19.9. The molecule has 1 saturated heterocycles. The maximum atomic E-state index is 13.8. The number of morpholine rings is 1. The number of anilines is 2. The van der Waals surface area contributed by atoms with E-state index in [9.17, 15) is 9.18 Å². The summed E-state index contributed by atoms with van der Waals surface area (Å²) in [4.78, 5) is 16.4. The van der Waals surface area contributed by atoms with E-state index in [1.54, 1.807) is 12.1 Å². The van der Waals surface area contributed by atoms with Gasteiger partial charge in [-0.05, 0) is 49.0 Å². The average molecular weight is 387 g/mol. The fourth-order valence-electron chi connectivity index (χ4n) is 3.20. The molecule has 0 aliphatic carbocycles. The lowest BCUT2D eigenvalue weighted by Gasteiger charge is -2.28. The molecule has 0 spiro atoms. The van der Waals surface area contributed by atoms with Crippen LogP contribution in [0.3, 0.4) is 0 Å². The van der Waals surface area contributed by atoms with Crippen molar-refractivity contribution in [3.05, 3.63) is 53.8 Å². The summed E-state index contributed by atoms with van der Waals surface area (Å²) in [6.45, 7) is 3.90. The largest absolute Gasteiger partial charge is 0.494 e. The van der Waals surface area contributed by atoms with Crippen LogP contribution in [0.4, 0.5) is 15.8 Å². The molecule has 1 N–H and O–H groups in total. The summed E-state index contributed by atoms with van der Waals surface area (Å²) in [6, 6.07) is 12.6. The smallest absolute Gasteiger partial charge is 0.238 e. The number of likely N-dealkylation sites (N-methyl/N-ethyl adjacent to an activating group) is 1. The quantitative estimate of drug-likeness (QED) is 0.792. The number of halogens is 1. The molecule has 1 amide bonds. The van der Waals surface area contributed by atoms with Crippen LogP contribution in [0.1, 0.15) is 5.56 Å². The van der Waals surface area contributed by atoms with Gasteiger partial charge in [-0.15, -0.1) is 0 Å². The van der Waals surface area contributed by atoms with Gasteiger partial charge in [-0.2, -0.15) is 0 Å². The minimum atomic E-state index is -0.404. The number of nitrogens with one attached hydrogen (secondary N) is 1. The van der Waals surface area contributed by atoms with Crippen molar-refractivity contribution in [3.8, 4) is 5.75 Å². The Kier molecular flexibility index (Phi) is 6.84. The molecule has 0 aromatic heterocycles. The normalized spacial score (nSPS) is 14.2. The van der Waals surface area contributed by atoms with Crippen molar-refractivity contribution in [2.75, 3.05) is 57.2 Å². The molecule has 0 bridgehead atoms. The Balaban J connectivity index is 1.49. The third kappa shape index (κ3) is 5.43. The van der Waals surface area contributed by atoms with E-state index in [2.05, 4.69) is 10.2 Å². The van der Waals surface area contributed by atoms with Crippen molar-refractivity contribution in [1.29, 1.82) is 0 Å². The Morgan fingerprint density at radius 3 is 2.57 bits per heavy atom. The van der Waals surface area contributed by atoms with Gasteiger partial charge in [0.05, 0.1) is 26.9 Å². The highest BCUT2D eigenvalue weighted by Gasteiger charge is 2.12. The minimum Gasteiger partial charge on any atom is -0.494 e. The van der Waals surface area contributed by atoms with Crippen LogP contribution in [-0.4, -0.2) is 57.8 Å². The summed E-state index contributed by atoms with van der Waals surface area (Å²) in [5.41, 5.74) is 2.66. The molecule has 0 saturated carbocycles. The van der Waals surface area contributed by atoms with Crippen molar-refractivity contribution in [2.24, 2.45) is 0 Å². The zero-order valence-corrected chi connectivity index (χ0v) is 16.3. The van der Waals surface area contributed by atoms with E-state index >= 15 is 0 Å². The molecule has 6 nitrogen and oxygen atoms in total. The van der Waals surface area contributed by atoms with Gasteiger partial charge in [0.15, 0.2) is 11.6 Å². The number of carbonyl (C=O) groups is 1. The molecule has 150 valence electrons. The Labute approximate surface area is 164 Å². The van der Waals surface area contributed by atoms with Crippen LogP contribution in [-0.2, 0) is 16.1 Å². The molecular weight excluding hydrogens is 361 g/mol. The highest BCUT2D eigenvalue weighted by atomic mass is 19.1. The van der Waals surface area contributed by atoms with Crippen LogP contribution in [0.25, 0.3) is 0 Å². The van der Waals surface area contributed by atoms with E-state index in [1.165, 1.54) is 13.2 Å². The standard InChI is InChI=1S/C21H26FN3O3/c1-24(14-16-3-8-20(27-2)19(22)13-16)15-21(26)23-17-4-6-18(7-5-17)25-9-11-28-12-10-25/h3-8,13H,9-12,14-15H2,1-2H3,(H,23,26). The van der Waals surface area contributed by atoms with Gasteiger partial charge < -0.3 is 19.7 Å². The summed E-state index contributed by atoms with van der Waals surface area (Å²) in [5.74, 6) is -0.307. The van der Waals surface area contributed by atoms with Crippen LogP contribution < -0.4 is 15.0 Å². The van der Waals surface area contributed by atoms with Crippen molar-refractivity contribution in [2.45, 2.75) is 6.54 Å². The molecule has 0 unspecified atom stereocenters. The molecule has 0 radical (unpaired) electrons. The summed E-state index contributed by atoms with van der Waals surface area (Å²) < 4.78 is 24.1. The fraction of sp³-hybridized carbons (Fsp3) is 0.381. The first-order chi connectivity index (χ1) is 13.5. The van der Waals surface area contributed by atoms with Crippen molar-refractivity contribution < 1.29 is 18.7 Å². The number of ether oxygens (including phenoxy) is 2. The highest BCUT2D eigenvalue weighted by Crippen LogP contribution is 2.20. The Morgan fingerprint density at radius 1 is 1.21 bits per heavy atom. The fourth-order valence-corrected chi connectivity index (χ4v) is 3.20. The van der Waals surface area contributed by atoms with Gasteiger partial charge in [0, 0.05) is 31.0 Å². The lowest BCUT2D eigenvalue weighted by Crippen LogP contribution is -2.36. The van der Waals surface area contributed by atoms with E-state index in [4.69, 9.17) is 9.47 Å². The molecule has 7 heteroatoms. The Morgan fingerprint density at radius 2 is 1.93 bits per heavy atom. The SMILES string of the molecule is COc1ccc(CN(C)CC(=O)Nc2ccc(N3CCOCC3)cc2)cc1F. The lowest BCUT2D eigenvalue weighted by molar-refractivity contribution is -0.117. The zero-order valence-electron chi connectivity index (χ0n) is 16.3. The first-order valence-corrected chi connectivity index (χ1v) is 9.29. The average Bonchev–Trinajstić information content (AvgIpc) is 2.69. The van der Waals surface area contributed by atoms with E-state index in [0.717, 1.165) is 43.2 Å². The Hall–Kier alpha value is -2.64. The van der Waals surface area contributed by atoms with Gasteiger partial charge in [0.2, 0.25) is 5.91 Å². The molecule has 1 heterocycles. The number of methoxy groups -OCH3 is 1. The molecule has 2 aromatic carbocycles. The number of amides is 1. The van der Waals surface area contributed by atoms with E-state index in [1.807, 2.05) is 36.2 Å². The third-order valence-corrected chi connectivity index (χ3v) is 4.61. The van der Waals surface area contributed by atoms with Crippen LogP contribution in [0, 0.1) is 5.82 Å². The topological polar surface area (TPSA) is 54.0 Å². The number of benzene rings is 2. The number of hydrogen-bond acceptors (Lipinski definition) is 5. The summed E-state index contributed by atoms with van der Waals surface area (Å²) in [7, 11) is 3.26. The number of rotatable bonds is 7. The molecule has 1 aliphatic heterocycles. The number of hydrogen-bond donors (Lipinski definition) is 1. The van der Waals surface area contributed by atoms with E-state index in [0.29, 0.717) is 6.54 Å². The molecule has 1 fully saturated rings. The first-order valence-electron chi connectivity index (χ1n) is 9.29. The van der Waals surface area contributed by atoms with Crippen LogP contribution >= 0.6 is 0 Å². The summed E-state index contributed by atoms with van der Waals surface area (Å²) in [6.07, 6.45) is 0.